The smallest absolute Gasteiger partial charge is 0.418 e. The molecule has 1 saturated heterocycles. The van der Waals surface area contributed by atoms with Gasteiger partial charge in [0.25, 0.3) is 0 Å². The Bertz CT molecular complexity index is 1730. The van der Waals surface area contributed by atoms with Crippen molar-refractivity contribution in [3.05, 3.63) is 82.1 Å². The van der Waals surface area contributed by atoms with Gasteiger partial charge in [0.2, 0.25) is 0 Å². The number of carbonyl (C=O) groups excluding carboxylic acids is 1. The number of hydrogen-bond acceptors (Lipinski definition) is 7. The fourth-order valence-electron chi connectivity index (χ4n) is 5.71. The van der Waals surface area contributed by atoms with Crippen LogP contribution < -0.4 is 11.0 Å². The second-order valence-corrected chi connectivity index (χ2v) is 12.7. The number of hydrogen-bond donors (Lipinski definition) is 1. The number of rotatable bonds is 9. The lowest BCUT2D eigenvalue weighted by atomic mass is 10.00. The van der Waals surface area contributed by atoms with Crippen LogP contribution >= 0.6 is 0 Å². The van der Waals surface area contributed by atoms with E-state index < -0.39 is 29.1 Å². The molecule has 248 valence electrons. The molecule has 1 fully saturated rings. The van der Waals surface area contributed by atoms with Crippen molar-refractivity contribution in [3.8, 4) is 5.69 Å². The second kappa shape index (κ2) is 13.3. The number of fused-ring (bicyclic) bond motifs is 1. The number of aryl methyl sites for hydroxylation is 1. The minimum absolute atomic E-state index is 0.0197. The molecule has 1 aromatic carbocycles. The number of halogens is 3. The molecule has 0 radical (unpaired) electrons. The van der Waals surface area contributed by atoms with Crippen LogP contribution in [0.1, 0.15) is 69.0 Å². The highest BCUT2D eigenvalue weighted by atomic mass is 19.4. The normalized spacial score (nSPS) is 15.7. The summed E-state index contributed by atoms with van der Waals surface area (Å²) in [6.07, 6.45) is 0.561. The first-order valence-corrected chi connectivity index (χ1v) is 15.3. The van der Waals surface area contributed by atoms with Crippen LogP contribution in [0, 0.1) is 0 Å². The number of aromatic nitrogens is 5. The van der Waals surface area contributed by atoms with Crippen LogP contribution in [-0.4, -0.2) is 72.7 Å². The molecule has 0 spiro atoms. The molecule has 46 heavy (non-hydrogen) atoms. The number of alkyl carbamates (subject to hydrolysis) is 1. The van der Waals surface area contributed by atoms with Crippen LogP contribution in [0.15, 0.2) is 53.8 Å². The monoisotopic (exact) mass is 643 g/mol. The summed E-state index contributed by atoms with van der Waals surface area (Å²) in [4.78, 5) is 27.4. The van der Waals surface area contributed by atoms with Crippen LogP contribution in [0.5, 0.6) is 0 Å². The highest BCUT2D eigenvalue weighted by Crippen LogP contribution is 2.34. The van der Waals surface area contributed by atoms with E-state index in [1.807, 2.05) is 20.0 Å². The number of carbonyl (C=O) groups is 1. The quantitative estimate of drug-likeness (QED) is 0.259. The molecule has 1 aliphatic heterocycles. The first-order chi connectivity index (χ1) is 21.7. The summed E-state index contributed by atoms with van der Waals surface area (Å²) >= 11 is 0. The summed E-state index contributed by atoms with van der Waals surface area (Å²) in [6.45, 7) is 9.47. The molecule has 0 aliphatic carbocycles. The molecule has 0 unspecified atom stereocenters. The van der Waals surface area contributed by atoms with E-state index in [2.05, 4.69) is 20.4 Å². The third-order valence-corrected chi connectivity index (χ3v) is 7.98. The van der Waals surface area contributed by atoms with Gasteiger partial charge in [0.1, 0.15) is 17.8 Å². The maximum atomic E-state index is 14.3. The Labute approximate surface area is 264 Å². The Balaban J connectivity index is 1.28. The van der Waals surface area contributed by atoms with E-state index in [1.165, 1.54) is 17.0 Å². The first-order valence-electron chi connectivity index (χ1n) is 15.3. The van der Waals surface area contributed by atoms with Crippen molar-refractivity contribution < 1.29 is 27.4 Å². The van der Waals surface area contributed by atoms with Gasteiger partial charge in [-0.1, -0.05) is 19.1 Å². The average molecular weight is 644 g/mol. The van der Waals surface area contributed by atoms with E-state index in [4.69, 9.17) is 9.47 Å². The number of pyridine rings is 1. The standard InChI is InChI=1S/C32H40F3N7O4/c1-21(28-38-37-20-39(28)5)23-7-6-8-24(16-23)41-19-27-26(32(33,34)35)15-22(18-42(27)30(41)44)17-40-12-9-25(10-13-40)45-14-11-36-29(43)46-31(2,3)4/h6-8,15-16,18-21,25H,9-14,17H2,1-5H3,(H,36,43)/t21-/m1/s1. The predicted octanol–water partition coefficient (Wildman–Crippen LogP) is 4.90. The number of ether oxygens (including phenoxy) is 2. The van der Waals surface area contributed by atoms with Crippen molar-refractivity contribution in [1.82, 2.24) is 33.9 Å². The summed E-state index contributed by atoms with van der Waals surface area (Å²) in [5, 5.41) is 10.8. The third-order valence-electron chi connectivity index (χ3n) is 7.98. The van der Waals surface area contributed by atoms with E-state index in [0.29, 0.717) is 50.3 Å². The van der Waals surface area contributed by atoms with Gasteiger partial charge in [-0.05, 0) is 62.9 Å². The van der Waals surface area contributed by atoms with Gasteiger partial charge in [0, 0.05) is 51.5 Å². The molecule has 1 atom stereocenters. The fourth-order valence-corrected chi connectivity index (χ4v) is 5.71. The van der Waals surface area contributed by atoms with Gasteiger partial charge in [-0.2, -0.15) is 13.2 Å². The topological polar surface area (TPSA) is 108 Å². The SMILES string of the molecule is C[C@H](c1cccc(-n2cc3c(C(F)(F)F)cc(CN4CCC(OCCNC(=O)OC(C)(C)C)CC4)cn3c2=O)c1)c1nncn1C. The van der Waals surface area contributed by atoms with Crippen molar-refractivity contribution in [2.45, 2.75) is 70.9 Å². The first kappa shape index (κ1) is 33.2. The molecule has 3 aromatic heterocycles. The molecule has 1 aliphatic rings. The number of imidazole rings is 1. The molecule has 4 heterocycles. The third kappa shape index (κ3) is 7.79. The van der Waals surface area contributed by atoms with Gasteiger partial charge in [-0.15, -0.1) is 10.2 Å². The van der Waals surface area contributed by atoms with Crippen molar-refractivity contribution in [1.29, 1.82) is 0 Å². The Kier molecular flexibility index (Phi) is 9.59. The van der Waals surface area contributed by atoms with Crippen LogP contribution in [-0.2, 0) is 29.2 Å². The molecular weight excluding hydrogens is 603 g/mol. The number of nitrogens with zero attached hydrogens (tertiary/aromatic N) is 6. The largest absolute Gasteiger partial charge is 0.444 e. The Morgan fingerprint density at radius 2 is 1.87 bits per heavy atom. The zero-order chi connectivity index (χ0) is 33.2. The number of benzene rings is 1. The second-order valence-electron chi connectivity index (χ2n) is 12.7. The molecule has 0 saturated carbocycles. The minimum atomic E-state index is -4.66. The molecule has 1 amide bonds. The highest BCUT2D eigenvalue weighted by Gasteiger charge is 2.35. The van der Waals surface area contributed by atoms with E-state index in [1.54, 1.807) is 49.9 Å². The summed E-state index contributed by atoms with van der Waals surface area (Å²) in [5.74, 6) is 0.572. The van der Waals surface area contributed by atoms with E-state index >= 15 is 0 Å². The summed E-state index contributed by atoms with van der Waals surface area (Å²) in [6, 6.07) is 8.28. The maximum Gasteiger partial charge on any atom is 0.418 e. The Morgan fingerprint density at radius 3 is 2.52 bits per heavy atom. The zero-order valence-corrected chi connectivity index (χ0v) is 26.7. The molecule has 0 bridgehead atoms. The van der Waals surface area contributed by atoms with Crippen LogP contribution in [0.25, 0.3) is 11.2 Å². The lowest BCUT2D eigenvalue weighted by molar-refractivity contribution is -0.136. The van der Waals surface area contributed by atoms with Gasteiger partial charge in [0.15, 0.2) is 0 Å². The summed E-state index contributed by atoms with van der Waals surface area (Å²) < 4.78 is 58.2. The molecule has 5 rings (SSSR count). The van der Waals surface area contributed by atoms with Crippen molar-refractivity contribution in [2.75, 3.05) is 26.2 Å². The lowest BCUT2D eigenvalue weighted by Crippen LogP contribution is -2.38. The van der Waals surface area contributed by atoms with Gasteiger partial charge >= 0.3 is 18.0 Å². The predicted molar refractivity (Wildman–Crippen MR) is 165 cm³/mol. The maximum absolute atomic E-state index is 14.3. The average Bonchev–Trinajstić information content (AvgIpc) is 3.56. The van der Waals surface area contributed by atoms with E-state index in [9.17, 15) is 22.8 Å². The minimum Gasteiger partial charge on any atom is -0.444 e. The number of nitrogens with one attached hydrogen (secondary N) is 1. The van der Waals surface area contributed by atoms with Gasteiger partial charge < -0.3 is 19.4 Å². The van der Waals surface area contributed by atoms with Crippen molar-refractivity contribution >= 4 is 11.6 Å². The molecule has 14 heteroatoms. The van der Waals surface area contributed by atoms with Gasteiger partial charge in [-0.3, -0.25) is 13.9 Å². The molecular formula is C32H40F3N7O4. The van der Waals surface area contributed by atoms with Crippen molar-refractivity contribution in [2.24, 2.45) is 7.05 Å². The Hall–Kier alpha value is -4.17. The number of alkyl halides is 3. The number of likely N-dealkylation sites (tertiary alicyclic amines) is 1. The molecule has 11 nitrogen and oxygen atoms in total. The number of piperidine rings is 1. The summed E-state index contributed by atoms with van der Waals surface area (Å²) in [7, 11) is 1.84. The van der Waals surface area contributed by atoms with E-state index in [0.717, 1.165) is 21.9 Å². The van der Waals surface area contributed by atoms with Crippen LogP contribution in [0.3, 0.4) is 0 Å². The Morgan fingerprint density at radius 1 is 1.13 bits per heavy atom. The van der Waals surface area contributed by atoms with Crippen LogP contribution in [0.4, 0.5) is 18.0 Å². The van der Waals surface area contributed by atoms with Gasteiger partial charge in [-0.25, -0.2) is 9.59 Å². The molecule has 1 N–H and O–H groups in total. The zero-order valence-electron chi connectivity index (χ0n) is 26.7. The highest BCUT2D eigenvalue weighted by molar-refractivity contribution is 5.67. The molecule has 4 aromatic rings. The summed E-state index contributed by atoms with van der Waals surface area (Å²) in [5.41, 5.74) is -0.536. The van der Waals surface area contributed by atoms with Crippen molar-refractivity contribution in [3.63, 3.8) is 0 Å². The number of amides is 1. The van der Waals surface area contributed by atoms with Gasteiger partial charge in [0.05, 0.1) is 29.5 Å². The lowest BCUT2D eigenvalue weighted by Gasteiger charge is -2.32. The van der Waals surface area contributed by atoms with Crippen LogP contribution in [0.2, 0.25) is 0 Å². The fraction of sp³-hybridized carbons (Fsp3) is 0.500. The van der Waals surface area contributed by atoms with E-state index in [-0.39, 0.29) is 24.1 Å².